The zero-order chi connectivity index (χ0) is 13.6. The van der Waals surface area contributed by atoms with E-state index in [2.05, 4.69) is 10.5 Å². The Morgan fingerprint density at radius 3 is 2.67 bits per heavy atom. The van der Waals surface area contributed by atoms with E-state index in [9.17, 15) is 4.79 Å². The zero-order valence-electron chi connectivity index (χ0n) is 11.1. The predicted octanol–water partition coefficient (Wildman–Crippen LogP) is 0.834. The number of amides is 1. The molecule has 1 saturated carbocycles. The lowest BCUT2D eigenvalue weighted by atomic mass is 10.1. The standard InChI is InChI=1S/C12H23N3O3/c1-9(2)18-8-4-3-7-14-11(16)12(5-6-12)10(13)15-17/h9,17H,3-8H2,1-2H3,(H2,13,15)(H,14,16). The van der Waals surface area contributed by atoms with E-state index in [1.807, 2.05) is 13.8 Å². The van der Waals surface area contributed by atoms with Crippen molar-refractivity contribution in [2.45, 2.75) is 45.6 Å². The third kappa shape index (κ3) is 3.87. The minimum atomic E-state index is -0.747. The van der Waals surface area contributed by atoms with Gasteiger partial charge in [-0.25, -0.2) is 0 Å². The molecule has 1 rings (SSSR count). The number of nitrogens with two attached hydrogens (primary N) is 1. The molecule has 0 aromatic heterocycles. The smallest absolute Gasteiger partial charge is 0.233 e. The second kappa shape index (κ2) is 6.58. The van der Waals surface area contributed by atoms with Crippen LogP contribution in [0.25, 0.3) is 0 Å². The van der Waals surface area contributed by atoms with Gasteiger partial charge in [-0.2, -0.15) is 0 Å². The van der Waals surface area contributed by atoms with Crippen molar-refractivity contribution in [1.29, 1.82) is 0 Å². The number of nitrogens with one attached hydrogen (secondary N) is 1. The molecule has 0 atom stereocenters. The molecule has 0 unspecified atom stereocenters. The molecule has 0 radical (unpaired) electrons. The quantitative estimate of drug-likeness (QED) is 0.197. The molecule has 0 aromatic carbocycles. The van der Waals surface area contributed by atoms with E-state index in [1.165, 1.54) is 0 Å². The number of amidine groups is 1. The topological polar surface area (TPSA) is 96.9 Å². The summed E-state index contributed by atoms with van der Waals surface area (Å²) in [4.78, 5) is 11.9. The highest BCUT2D eigenvalue weighted by molar-refractivity contribution is 6.09. The Hall–Kier alpha value is -1.30. The number of oxime groups is 1. The highest BCUT2D eigenvalue weighted by atomic mass is 16.5. The Kier molecular flexibility index (Phi) is 5.40. The molecule has 0 bridgehead atoms. The normalized spacial score (nSPS) is 17.8. The predicted molar refractivity (Wildman–Crippen MR) is 68.4 cm³/mol. The van der Waals surface area contributed by atoms with Gasteiger partial charge in [0.05, 0.1) is 6.10 Å². The van der Waals surface area contributed by atoms with Gasteiger partial charge in [0.25, 0.3) is 0 Å². The summed E-state index contributed by atoms with van der Waals surface area (Å²) in [6, 6.07) is 0. The summed E-state index contributed by atoms with van der Waals surface area (Å²) >= 11 is 0. The summed E-state index contributed by atoms with van der Waals surface area (Å²) in [5, 5.41) is 14.4. The van der Waals surface area contributed by atoms with Crippen LogP contribution in [-0.2, 0) is 9.53 Å². The number of unbranched alkanes of at least 4 members (excludes halogenated alkanes) is 1. The summed E-state index contributed by atoms with van der Waals surface area (Å²) in [6.07, 6.45) is 3.34. The molecule has 18 heavy (non-hydrogen) atoms. The minimum absolute atomic E-state index is 0.0168. The Morgan fingerprint density at radius 1 is 1.50 bits per heavy atom. The number of carbonyl (C=O) groups excluding carboxylic acids is 1. The Labute approximate surface area is 108 Å². The molecular weight excluding hydrogens is 234 g/mol. The van der Waals surface area contributed by atoms with Crippen LogP contribution in [-0.4, -0.2) is 36.2 Å². The highest BCUT2D eigenvalue weighted by Gasteiger charge is 2.53. The fourth-order valence-corrected chi connectivity index (χ4v) is 1.74. The molecule has 4 N–H and O–H groups in total. The van der Waals surface area contributed by atoms with Crippen molar-refractivity contribution in [3.05, 3.63) is 0 Å². The van der Waals surface area contributed by atoms with E-state index in [0.717, 1.165) is 12.8 Å². The van der Waals surface area contributed by atoms with Crippen LogP contribution >= 0.6 is 0 Å². The van der Waals surface area contributed by atoms with E-state index in [-0.39, 0.29) is 17.8 Å². The van der Waals surface area contributed by atoms with Gasteiger partial charge in [0.2, 0.25) is 5.91 Å². The van der Waals surface area contributed by atoms with E-state index < -0.39 is 5.41 Å². The molecule has 1 aliphatic rings. The fraction of sp³-hybridized carbons (Fsp3) is 0.833. The summed E-state index contributed by atoms with van der Waals surface area (Å²) in [5.41, 5.74) is 4.77. The number of rotatable bonds is 8. The molecule has 1 fully saturated rings. The average molecular weight is 257 g/mol. The second-order valence-corrected chi connectivity index (χ2v) is 4.95. The molecule has 0 aromatic rings. The summed E-state index contributed by atoms with van der Waals surface area (Å²) in [6.45, 7) is 5.30. The van der Waals surface area contributed by atoms with Crippen molar-refractivity contribution in [3.8, 4) is 0 Å². The van der Waals surface area contributed by atoms with Crippen LogP contribution in [0.5, 0.6) is 0 Å². The van der Waals surface area contributed by atoms with E-state index in [4.69, 9.17) is 15.7 Å². The third-order valence-corrected chi connectivity index (χ3v) is 3.09. The number of carbonyl (C=O) groups is 1. The molecule has 104 valence electrons. The van der Waals surface area contributed by atoms with Gasteiger partial charge in [0.1, 0.15) is 5.41 Å². The van der Waals surface area contributed by atoms with Gasteiger partial charge in [-0.05, 0) is 39.5 Å². The number of hydrogen-bond donors (Lipinski definition) is 3. The SMILES string of the molecule is CC(C)OCCCCNC(=O)C1(C(N)=NO)CC1. The van der Waals surface area contributed by atoms with Crippen molar-refractivity contribution in [3.63, 3.8) is 0 Å². The molecule has 0 aliphatic heterocycles. The van der Waals surface area contributed by atoms with Gasteiger partial charge in [-0.15, -0.1) is 0 Å². The van der Waals surface area contributed by atoms with Gasteiger partial charge >= 0.3 is 0 Å². The van der Waals surface area contributed by atoms with Crippen LogP contribution in [0.4, 0.5) is 0 Å². The van der Waals surface area contributed by atoms with Gasteiger partial charge < -0.3 is 21.0 Å². The van der Waals surface area contributed by atoms with Crippen LogP contribution in [0.3, 0.4) is 0 Å². The van der Waals surface area contributed by atoms with Crippen molar-refractivity contribution in [2.75, 3.05) is 13.2 Å². The maximum Gasteiger partial charge on any atom is 0.233 e. The largest absolute Gasteiger partial charge is 0.409 e. The first-order valence-corrected chi connectivity index (χ1v) is 6.41. The number of hydrogen-bond acceptors (Lipinski definition) is 4. The Bertz CT molecular complexity index is 312. The van der Waals surface area contributed by atoms with Gasteiger partial charge in [-0.1, -0.05) is 5.16 Å². The van der Waals surface area contributed by atoms with Crippen molar-refractivity contribution in [1.82, 2.24) is 5.32 Å². The summed E-state index contributed by atoms with van der Waals surface area (Å²) in [7, 11) is 0. The maximum absolute atomic E-state index is 11.9. The van der Waals surface area contributed by atoms with Gasteiger partial charge in [0.15, 0.2) is 5.84 Å². The molecule has 1 aliphatic carbocycles. The molecule has 0 spiro atoms. The molecule has 1 amide bonds. The van der Waals surface area contributed by atoms with Crippen LogP contribution in [0.2, 0.25) is 0 Å². The first kappa shape index (κ1) is 14.8. The van der Waals surface area contributed by atoms with Crippen LogP contribution in [0, 0.1) is 5.41 Å². The van der Waals surface area contributed by atoms with Gasteiger partial charge in [0, 0.05) is 13.2 Å². The first-order chi connectivity index (χ1) is 8.53. The third-order valence-electron chi connectivity index (χ3n) is 3.09. The first-order valence-electron chi connectivity index (χ1n) is 6.41. The summed E-state index contributed by atoms with van der Waals surface area (Å²) < 4.78 is 5.40. The van der Waals surface area contributed by atoms with Crippen LogP contribution < -0.4 is 11.1 Å². The monoisotopic (exact) mass is 257 g/mol. The minimum Gasteiger partial charge on any atom is -0.409 e. The lowest BCUT2D eigenvalue weighted by Gasteiger charge is -2.13. The highest BCUT2D eigenvalue weighted by Crippen LogP contribution is 2.45. The van der Waals surface area contributed by atoms with Crippen LogP contribution in [0.1, 0.15) is 39.5 Å². The average Bonchev–Trinajstić information content (AvgIpc) is 3.13. The number of ether oxygens (including phenoxy) is 1. The molecular formula is C12H23N3O3. The van der Waals surface area contributed by atoms with Crippen molar-refractivity contribution >= 4 is 11.7 Å². The summed E-state index contributed by atoms with van der Waals surface area (Å²) in [5.74, 6) is -0.120. The second-order valence-electron chi connectivity index (χ2n) is 4.95. The lowest BCUT2D eigenvalue weighted by Crippen LogP contribution is -2.41. The van der Waals surface area contributed by atoms with E-state index in [0.29, 0.717) is 26.0 Å². The molecule has 6 nitrogen and oxygen atoms in total. The Balaban J connectivity index is 2.15. The lowest BCUT2D eigenvalue weighted by molar-refractivity contribution is -0.124. The zero-order valence-corrected chi connectivity index (χ0v) is 11.1. The molecule has 0 heterocycles. The van der Waals surface area contributed by atoms with E-state index >= 15 is 0 Å². The van der Waals surface area contributed by atoms with Crippen molar-refractivity contribution < 1.29 is 14.7 Å². The van der Waals surface area contributed by atoms with Gasteiger partial charge in [-0.3, -0.25) is 4.79 Å². The van der Waals surface area contributed by atoms with Crippen molar-refractivity contribution in [2.24, 2.45) is 16.3 Å². The van der Waals surface area contributed by atoms with Crippen LogP contribution in [0.15, 0.2) is 5.16 Å². The van der Waals surface area contributed by atoms with E-state index in [1.54, 1.807) is 0 Å². The molecule has 6 heteroatoms. The fourth-order valence-electron chi connectivity index (χ4n) is 1.74. The maximum atomic E-state index is 11.9. The molecule has 0 saturated heterocycles. The number of nitrogens with zero attached hydrogens (tertiary/aromatic N) is 1. The Morgan fingerprint density at radius 2 is 2.17 bits per heavy atom.